The summed E-state index contributed by atoms with van der Waals surface area (Å²) in [5.41, 5.74) is 6.28. The fourth-order valence-corrected chi connectivity index (χ4v) is 2.78. The molecule has 0 atom stereocenters. The number of fused-ring (bicyclic) bond motifs is 3. The molecule has 3 heteroatoms. The highest BCUT2D eigenvalue weighted by Gasteiger charge is 2.20. The zero-order chi connectivity index (χ0) is 14.7. The first kappa shape index (κ1) is 13.7. The molecule has 0 spiro atoms. The maximum absolute atomic E-state index is 11.6. The molecule has 2 aromatic rings. The number of rotatable bonds is 4. The van der Waals surface area contributed by atoms with Crippen molar-refractivity contribution >= 4 is 6.09 Å². The van der Waals surface area contributed by atoms with Gasteiger partial charge in [0.15, 0.2) is 0 Å². The monoisotopic (exact) mass is 281 g/mol. The first-order valence-electron chi connectivity index (χ1n) is 7.39. The largest absolute Gasteiger partial charge is 0.445 e. The van der Waals surface area contributed by atoms with Gasteiger partial charge in [-0.3, -0.25) is 0 Å². The molecule has 3 rings (SSSR count). The van der Waals surface area contributed by atoms with Gasteiger partial charge in [0.2, 0.25) is 0 Å². The molecular formula is C18H19NO2. The van der Waals surface area contributed by atoms with Gasteiger partial charge in [-0.2, -0.15) is 0 Å². The van der Waals surface area contributed by atoms with Gasteiger partial charge < -0.3 is 10.1 Å². The lowest BCUT2D eigenvalue weighted by atomic mass is 10.0. The summed E-state index contributed by atoms with van der Waals surface area (Å²) >= 11 is 0. The van der Waals surface area contributed by atoms with Crippen LogP contribution in [0, 0.1) is 0 Å². The van der Waals surface area contributed by atoms with Crippen molar-refractivity contribution in [2.24, 2.45) is 0 Å². The van der Waals surface area contributed by atoms with Crippen molar-refractivity contribution in [3.05, 3.63) is 59.2 Å². The van der Waals surface area contributed by atoms with Gasteiger partial charge in [0.05, 0.1) is 0 Å². The molecule has 1 aliphatic carbocycles. The summed E-state index contributed by atoms with van der Waals surface area (Å²) in [5, 5.41) is 2.73. The molecule has 1 aliphatic rings. The first-order valence-corrected chi connectivity index (χ1v) is 7.39. The molecule has 0 saturated carbocycles. The third kappa shape index (κ3) is 2.77. The van der Waals surface area contributed by atoms with Crippen molar-refractivity contribution in [1.82, 2.24) is 5.32 Å². The van der Waals surface area contributed by atoms with Crippen LogP contribution < -0.4 is 5.32 Å². The maximum atomic E-state index is 11.6. The summed E-state index contributed by atoms with van der Waals surface area (Å²) in [5.74, 6) is 0. The van der Waals surface area contributed by atoms with Crippen LogP contribution >= 0.6 is 0 Å². The van der Waals surface area contributed by atoms with E-state index in [1.54, 1.807) is 0 Å². The Labute approximate surface area is 124 Å². The standard InChI is InChI=1S/C18H19NO2/c1-2-10-19-18(20)21-12-14-7-5-9-16-15-8-4-3-6-13(15)11-17(14)16/h3-9H,2,10-12H2,1H3,(H,19,20). The normalized spacial score (nSPS) is 11.7. The van der Waals surface area contributed by atoms with Crippen LogP contribution in [-0.2, 0) is 17.8 Å². The Kier molecular flexibility index (Phi) is 3.91. The van der Waals surface area contributed by atoms with Crippen LogP contribution in [0.1, 0.15) is 30.0 Å². The minimum absolute atomic E-state index is 0.326. The van der Waals surface area contributed by atoms with Crippen molar-refractivity contribution < 1.29 is 9.53 Å². The number of carbonyl (C=O) groups excluding carboxylic acids is 1. The molecule has 0 bridgehead atoms. The molecule has 21 heavy (non-hydrogen) atoms. The first-order chi connectivity index (χ1) is 10.3. The van der Waals surface area contributed by atoms with Crippen LogP contribution in [0.4, 0.5) is 4.79 Å². The summed E-state index contributed by atoms with van der Waals surface area (Å²) < 4.78 is 5.30. The van der Waals surface area contributed by atoms with E-state index < -0.39 is 0 Å². The third-order valence-corrected chi connectivity index (χ3v) is 3.83. The van der Waals surface area contributed by atoms with Gasteiger partial charge >= 0.3 is 6.09 Å². The number of amides is 1. The second-order valence-corrected chi connectivity index (χ2v) is 5.28. The molecule has 0 aliphatic heterocycles. The van der Waals surface area contributed by atoms with E-state index in [9.17, 15) is 4.79 Å². The number of ether oxygens (including phenoxy) is 1. The van der Waals surface area contributed by atoms with Gasteiger partial charge in [0.1, 0.15) is 6.61 Å². The van der Waals surface area contributed by atoms with Gasteiger partial charge in [0, 0.05) is 6.54 Å². The van der Waals surface area contributed by atoms with Crippen LogP contribution in [0.2, 0.25) is 0 Å². The summed E-state index contributed by atoms with van der Waals surface area (Å²) in [6.45, 7) is 2.99. The van der Waals surface area contributed by atoms with E-state index in [1.807, 2.05) is 19.1 Å². The van der Waals surface area contributed by atoms with Crippen LogP contribution in [0.15, 0.2) is 42.5 Å². The molecule has 0 saturated heterocycles. The molecule has 0 fully saturated rings. The number of carbonyl (C=O) groups is 1. The van der Waals surface area contributed by atoms with E-state index in [2.05, 4.69) is 35.6 Å². The van der Waals surface area contributed by atoms with Gasteiger partial charge in [-0.05, 0) is 40.7 Å². The Morgan fingerprint density at radius 1 is 1.14 bits per heavy atom. The van der Waals surface area contributed by atoms with Crippen molar-refractivity contribution in [2.75, 3.05) is 6.54 Å². The average molecular weight is 281 g/mol. The molecule has 2 aromatic carbocycles. The van der Waals surface area contributed by atoms with Gasteiger partial charge in [-0.15, -0.1) is 0 Å². The molecule has 1 amide bonds. The zero-order valence-electron chi connectivity index (χ0n) is 12.2. The molecular weight excluding hydrogens is 262 g/mol. The Hall–Kier alpha value is -2.29. The maximum Gasteiger partial charge on any atom is 0.407 e. The SMILES string of the molecule is CCCNC(=O)OCc1cccc2c1Cc1ccccc1-2. The van der Waals surface area contributed by atoms with Crippen LogP contribution in [0.3, 0.4) is 0 Å². The van der Waals surface area contributed by atoms with Crippen LogP contribution in [0.5, 0.6) is 0 Å². The van der Waals surface area contributed by atoms with Crippen LogP contribution in [0.25, 0.3) is 11.1 Å². The minimum atomic E-state index is -0.343. The van der Waals surface area contributed by atoms with Crippen molar-refractivity contribution in [3.8, 4) is 11.1 Å². The molecule has 1 N–H and O–H groups in total. The Bertz CT molecular complexity index is 664. The molecule has 0 aromatic heterocycles. The van der Waals surface area contributed by atoms with Crippen molar-refractivity contribution in [2.45, 2.75) is 26.4 Å². The Morgan fingerprint density at radius 3 is 2.81 bits per heavy atom. The van der Waals surface area contributed by atoms with E-state index in [4.69, 9.17) is 4.74 Å². The predicted molar refractivity (Wildman–Crippen MR) is 83.2 cm³/mol. The second-order valence-electron chi connectivity index (χ2n) is 5.28. The van der Waals surface area contributed by atoms with Crippen LogP contribution in [-0.4, -0.2) is 12.6 Å². The fraction of sp³-hybridized carbons (Fsp3) is 0.278. The summed E-state index contributed by atoms with van der Waals surface area (Å²) in [7, 11) is 0. The highest BCUT2D eigenvalue weighted by molar-refractivity contribution is 5.78. The quantitative estimate of drug-likeness (QED) is 0.787. The second kappa shape index (κ2) is 6.00. The summed E-state index contributed by atoms with van der Waals surface area (Å²) in [6, 6.07) is 14.7. The molecule has 0 heterocycles. The number of nitrogens with one attached hydrogen (secondary N) is 1. The van der Waals surface area contributed by atoms with E-state index in [0.29, 0.717) is 13.2 Å². The third-order valence-electron chi connectivity index (χ3n) is 3.83. The summed E-state index contributed by atoms with van der Waals surface area (Å²) in [4.78, 5) is 11.6. The van der Waals surface area contributed by atoms with E-state index in [0.717, 1.165) is 18.4 Å². The smallest absolute Gasteiger partial charge is 0.407 e. The van der Waals surface area contributed by atoms with Gasteiger partial charge in [-0.25, -0.2) is 4.79 Å². The Balaban J connectivity index is 1.76. The summed E-state index contributed by atoms with van der Waals surface area (Å²) in [6.07, 6.45) is 1.48. The molecule has 0 unspecified atom stereocenters. The molecule has 108 valence electrons. The van der Waals surface area contributed by atoms with Crippen molar-refractivity contribution in [3.63, 3.8) is 0 Å². The lowest BCUT2D eigenvalue weighted by molar-refractivity contribution is 0.139. The number of hydrogen-bond donors (Lipinski definition) is 1. The lowest BCUT2D eigenvalue weighted by Crippen LogP contribution is -2.24. The van der Waals surface area contributed by atoms with Gasteiger partial charge in [0.25, 0.3) is 0 Å². The van der Waals surface area contributed by atoms with Crippen molar-refractivity contribution in [1.29, 1.82) is 0 Å². The highest BCUT2D eigenvalue weighted by atomic mass is 16.5. The minimum Gasteiger partial charge on any atom is -0.445 e. The number of benzene rings is 2. The zero-order valence-corrected chi connectivity index (χ0v) is 12.2. The Morgan fingerprint density at radius 2 is 1.95 bits per heavy atom. The van der Waals surface area contributed by atoms with Gasteiger partial charge in [-0.1, -0.05) is 49.4 Å². The van der Waals surface area contributed by atoms with E-state index >= 15 is 0 Å². The molecule has 3 nitrogen and oxygen atoms in total. The van der Waals surface area contributed by atoms with E-state index in [1.165, 1.54) is 22.3 Å². The number of hydrogen-bond acceptors (Lipinski definition) is 2. The highest BCUT2D eigenvalue weighted by Crippen LogP contribution is 2.38. The van der Waals surface area contributed by atoms with E-state index in [-0.39, 0.29) is 6.09 Å². The average Bonchev–Trinajstić information content (AvgIpc) is 2.90. The topological polar surface area (TPSA) is 38.3 Å². The fourth-order valence-electron chi connectivity index (χ4n) is 2.78. The number of alkyl carbamates (subject to hydrolysis) is 1. The predicted octanol–water partition coefficient (Wildman–Crippen LogP) is 3.89. The molecule has 0 radical (unpaired) electrons. The lowest BCUT2D eigenvalue weighted by Gasteiger charge is -2.10.